The summed E-state index contributed by atoms with van der Waals surface area (Å²) in [6.45, 7) is 4.46. The Morgan fingerprint density at radius 1 is 1.33 bits per heavy atom. The number of aryl methyl sites for hydroxylation is 1. The van der Waals surface area contributed by atoms with E-state index in [1.165, 1.54) is 12.4 Å². The lowest BCUT2D eigenvalue weighted by Crippen LogP contribution is -2.46. The van der Waals surface area contributed by atoms with Crippen molar-refractivity contribution in [1.29, 1.82) is 5.41 Å². The van der Waals surface area contributed by atoms with Gasteiger partial charge < -0.3 is 27.1 Å². The Bertz CT molecular complexity index is 974. The fourth-order valence-electron chi connectivity index (χ4n) is 3.95. The lowest BCUT2D eigenvalue weighted by atomic mass is 9.87. The first kappa shape index (κ1) is 21.3. The summed E-state index contributed by atoms with van der Waals surface area (Å²) in [5.41, 5.74) is 15.0. The van der Waals surface area contributed by atoms with Gasteiger partial charge in [0.05, 0.1) is 17.9 Å². The molecular weight excluding hydrogens is 380 g/mol. The van der Waals surface area contributed by atoms with E-state index in [2.05, 4.69) is 17.2 Å². The third-order valence-corrected chi connectivity index (χ3v) is 5.59. The number of likely N-dealkylation sites (tertiary alicyclic amines) is 1. The van der Waals surface area contributed by atoms with Crippen molar-refractivity contribution in [1.82, 2.24) is 9.88 Å². The molecule has 0 radical (unpaired) electrons. The lowest BCUT2D eigenvalue weighted by Gasteiger charge is -2.39. The van der Waals surface area contributed by atoms with E-state index in [-0.39, 0.29) is 12.0 Å². The molecule has 0 spiro atoms. The number of hydrogen-bond acceptors (Lipinski definition) is 6. The van der Waals surface area contributed by atoms with Crippen LogP contribution in [0.25, 0.3) is 0 Å². The molecule has 6 N–H and O–H groups in total. The van der Waals surface area contributed by atoms with Crippen molar-refractivity contribution in [2.24, 2.45) is 5.92 Å². The van der Waals surface area contributed by atoms with Gasteiger partial charge in [0.25, 0.3) is 0 Å². The first-order valence-electron chi connectivity index (χ1n) is 10.1. The Labute approximate surface area is 176 Å². The number of piperidine rings is 1. The van der Waals surface area contributed by atoms with Crippen molar-refractivity contribution in [2.45, 2.75) is 39.2 Å². The van der Waals surface area contributed by atoms with Crippen LogP contribution < -0.4 is 16.8 Å². The summed E-state index contributed by atoms with van der Waals surface area (Å²) in [7, 11) is 0. The molecule has 0 saturated carbocycles. The number of rotatable bonds is 4. The predicted octanol–water partition coefficient (Wildman–Crippen LogP) is 2.74. The summed E-state index contributed by atoms with van der Waals surface area (Å²) in [6.07, 6.45) is 4.95. The molecule has 2 amide bonds. The molecular formula is C22H28N6O2. The maximum absolute atomic E-state index is 13.1. The van der Waals surface area contributed by atoms with Crippen molar-refractivity contribution in [2.75, 3.05) is 23.3 Å². The molecule has 2 heterocycles. The molecule has 30 heavy (non-hydrogen) atoms. The van der Waals surface area contributed by atoms with Gasteiger partial charge >= 0.3 is 11.8 Å². The predicted molar refractivity (Wildman–Crippen MR) is 118 cm³/mol. The molecule has 1 saturated heterocycles. The molecule has 1 fully saturated rings. The van der Waals surface area contributed by atoms with Gasteiger partial charge in [-0.3, -0.25) is 9.59 Å². The van der Waals surface area contributed by atoms with E-state index in [1.54, 1.807) is 17.0 Å². The number of nitrogen functional groups attached to an aromatic ring is 2. The molecule has 2 atom stereocenters. The van der Waals surface area contributed by atoms with Gasteiger partial charge in [-0.25, -0.2) is 4.98 Å². The number of nitrogens with one attached hydrogen (secondary N) is 2. The maximum Gasteiger partial charge on any atom is 0.313 e. The van der Waals surface area contributed by atoms with Crippen molar-refractivity contribution < 1.29 is 9.59 Å². The number of pyridine rings is 1. The van der Waals surface area contributed by atoms with Crippen LogP contribution in [-0.4, -0.2) is 34.5 Å². The van der Waals surface area contributed by atoms with Crippen molar-refractivity contribution in [3.8, 4) is 0 Å². The summed E-state index contributed by atoms with van der Waals surface area (Å²) >= 11 is 0. The highest BCUT2D eigenvalue weighted by Crippen LogP contribution is 2.36. The summed E-state index contributed by atoms with van der Waals surface area (Å²) < 4.78 is 0. The second-order valence-electron chi connectivity index (χ2n) is 7.73. The molecule has 8 heteroatoms. The van der Waals surface area contributed by atoms with E-state index in [4.69, 9.17) is 16.9 Å². The summed E-state index contributed by atoms with van der Waals surface area (Å²) in [5.74, 6) is -0.650. The Hall–Kier alpha value is -3.42. The molecule has 1 aromatic heterocycles. The molecule has 1 aliphatic heterocycles. The van der Waals surface area contributed by atoms with Crippen LogP contribution in [-0.2, 0) is 16.0 Å². The van der Waals surface area contributed by atoms with Crippen LogP contribution in [0.15, 0.2) is 30.5 Å². The Kier molecular flexibility index (Phi) is 6.34. The van der Waals surface area contributed by atoms with Crippen LogP contribution in [0.3, 0.4) is 0 Å². The van der Waals surface area contributed by atoms with Gasteiger partial charge in [0.1, 0.15) is 5.82 Å². The number of benzene rings is 1. The fraction of sp³-hybridized carbons (Fsp3) is 0.364. The van der Waals surface area contributed by atoms with E-state index < -0.39 is 11.8 Å². The summed E-state index contributed by atoms with van der Waals surface area (Å²) in [6, 6.07) is 6.83. The van der Waals surface area contributed by atoms with E-state index in [9.17, 15) is 9.59 Å². The monoisotopic (exact) mass is 408 g/mol. The second kappa shape index (κ2) is 8.94. The number of anilines is 3. The average Bonchev–Trinajstić information content (AvgIpc) is 2.74. The van der Waals surface area contributed by atoms with Gasteiger partial charge in [-0.2, -0.15) is 0 Å². The van der Waals surface area contributed by atoms with Crippen LogP contribution in [0.2, 0.25) is 0 Å². The second-order valence-corrected chi connectivity index (χ2v) is 7.73. The average molecular weight is 409 g/mol. The number of amides is 2. The molecule has 158 valence electrons. The molecule has 0 aliphatic carbocycles. The van der Waals surface area contributed by atoms with Crippen molar-refractivity contribution in [3.63, 3.8) is 0 Å². The molecule has 1 aromatic carbocycles. The van der Waals surface area contributed by atoms with Gasteiger partial charge in [-0.15, -0.1) is 0 Å². The van der Waals surface area contributed by atoms with Gasteiger partial charge in [0, 0.05) is 24.0 Å². The van der Waals surface area contributed by atoms with E-state index in [1.807, 2.05) is 19.1 Å². The first-order chi connectivity index (χ1) is 14.3. The highest BCUT2D eigenvalue weighted by Gasteiger charge is 2.35. The van der Waals surface area contributed by atoms with E-state index in [0.29, 0.717) is 42.1 Å². The largest absolute Gasteiger partial charge is 0.398 e. The molecule has 0 bridgehead atoms. The van der Waals surface area contributed by atoms with Crippen molar-refractivity contribution >= 4 is 35.2 Å². The van der Waals surface area contributed by atoms with Gasteiger partial charge in [-0.1, -0.05) is 26.0 Å². The van der Waals surface area contributed by atoms with Crippen LogP contribution in [0, 0.1) is 11.3 Å². The minimum absolute atomic E-state index is 0.271. The topological polar surface area (TPSA) is 138 Å². The molecule has 8 nitrogen and oxygen atoms in total. The number of aromatic nitrogens is 1. The number of carbonyl (C=O) groups excluding carboxylic acids is 2. The highest BCUT2D eigenvalue weighted by atomic mass is 16.2. The minimum atomic E-state index is -0.719. The summed E-state index contributed by atoms with van der Waals surface area (Å²) in [4.78, 5) is 31.6. The SMILES string of the molecule is CCc1cc(NC(=O)C(=O)N2C[C@H](C)CC[C@H]2c2cccc(N)c2C=N)cnc1N. The van der Waals surface area contributed by atoms with Gasteiger partial charge in [0.2, 0.25) is 0 Å². The zero-order valence-electron chi connectivity index (χ0n) is 17.3. The van der Waals surface area contributed by atoms with Crippen LogP contribution >= 0.6 is 0 Å². The normalized spacial score (nSPS) is 18.7. The number of nitrogens with zero attached hydrogens (tertiary/aromatic N) is 2. The Morgan fingerprint density at radius 2 is 2.10 bits per heavy atom. The van der Waals surface area contributed by atoms with Gasteiger partial charge in [0.15, 0.2) is 0 Å². The van der Waals surface area contributed by atoms with Crippen LogP contribution in [0.5, 0.6) is 0 Å². The highest BCUT2D eigenvalue weighted by molar-refractivity contribution is 6.39. The minimum Gasteiger partial charge on any atom is -0.398 e. The zero-order chi connectivity index (χ0) is 21.8. The van der Waals surface area contributed by atoms with Crippen molar-refractivity contribution in [3.05, 3.63) is 47.2 Å². The van der Waals surface area contributed by atoms with E-state index >= 15 is 0 Å². The molecule has 1 aliphatic rings. The standard InChI is InChI=1S/C22H28N6O2/c1-3-14-9-15(11-26-20(14)25)27-21(29)22(30)28-12-13(2)7-8-19(28)16-5-4-6-18(24)17(16)10-23/h4-6,9-11,13,19,23H,3,7-8,12,24H2,1-2H3,(H2,25,26)(H,27,29)/t13-,19+/m1/s1. The van der Waals surface area contributed by atoms with Gasteiger partial charge in [-0.05, 0) is 48.4 Å². The summed E-state index contributed by atoms with van der Waals surface area (Å²) in [5, 5.41) is 10.4. The number of carbonyl (C=O) groups is 2. The van der Waals surface area contributed by atoms with E-state index in [0.717, 1.165) is 17.5 Å². The zero-order valence-corrected chi connectivity index (χ0v) is 17.3. The first-order valence-corrected chi connectivity index (χ1v) is 10.1. The molecule has 2 aromatic rings. The smallest absolute Gasteiger partial charge is 0.313 e. The molecule has 0 unspecified atom stereocenters. The van der Waals surface area contributed by atoms with Crippen LogP contribution in [0.1, 0.15) is 49.4 Å². The molecule has 3 rings (SSSR count). The third kappa shape index (κ3) is 4.27. The Balaban J connectivity index is 1.87. The quantitative estimate of drug-likeness (QED) is 0.350. The maximum atomic E-state index is 13.1. The van der Waals surface area contributed by atoms with Crippen LogP contribution in [0.4, 0.5) is 17.2 Å². The number of nitrogens with two attached hydrogens (primary N) is 2. The Morgan fingerprint density at radius 3 is 2.80 bits per heavy atom. The number of hydrogen-bond donors (Lipinski definition) is 4. The lowest BCUT2D eigenvalue weighted by molar-refractivity contribution is -0.146. The fourth-order valence-corrected chi connectivity index (χ4v) is 3.95. The third-order valence-electron chi connectivity index (χ3n) is 5.59.